The fourth-order valence-corrected chi connectivity index (χ4v) is 1.97. The zero-order valence-electron chi connectivity index (χ0n) is 9.11. The zero-order chi connectivity index (χ0) is 11.7. The Morgan fingerprint density at radius 3 is 2.81 bits per heavy atom. The quantitative estimate of drug-likeness (QED) is 0.780. The summed E-state index contributed by atoms with van der Waals surface area (Å²) in [6.07, 6.45) is 0.152. The molecule has 0 spiro atoms. The molecular formula is C12H14FNO2. The van der Waals surface area contributed by atoms with Gasteiger partial charge in [0.15, 0.2) is 0 Å². The molecule has 0 aromatic heterocycles. The Morgan fingerprint density at radius 1 is 1.50 bits per heavy atom. The van der Waals surface area contributed by atoms with Crippen LogP contribution in [-0.2, 0) is 0 Å². The van der Waals surface area contributed by atoms with Crippen molar-refractivity contribution in [2.45, 2.75) is 19.4 Å². The molecule has 0 radical (unpaired) electrons. The topological polar surface area (TPSA) is 40.5 Å². The van der Waals surface area contributed by atoms with E-state index in [2.05, 4.69) is 0 Å². The minimum Gasteiger partial charge on any atom is -0.391 e. The number of β-amino-alcohol motifs (C(OH)–C–C–N with tert-alkyl or cyclic N) is 1. The number of likely N-dealkylation sites (tertiary alicyclic amines) is 1. The first-order chi connectivity index (χ1) is 7.56. The first kappa shape index (κ1) is 11.1. The van der Waals surface area contributed by atoms with E-state index in [1.807, 2.05) is 0 Å². The third kappa shape index (κ3) is 2.22. The van der Waals surface area contributed by atoms with Crippen LogP contribution in [0.15, 0.2) is 18.2 Å². The lowest BCUT2D eigenvalue weighted by Gasteiger charge is -2.15. The molecule has 1 fully saturated rings. The Balaban J connectivity index is 2.20. The number of rotatable bonds is 1. The highest BCUT2D eigenvalue weighted by molar-refractivity contribution is 5.94. The van der Waals surface area contributed by atoms with Crippen LogP contribution in [0.3, 0.4) is 0 Å². The molecule has 1 unspecified atom stereocenters. The van der Waals surface area contributed by atoms with E-state index in [0.29, 0.717) is 25.1 Å². The highest BCUT2D eigenvalue weighted by Crippen LogP contribution is 2.15. The summed E-state index contributed by atoms with van der Waals surface area (Å²) < 4.78 is 13.1. The molecule has 0 saturated carbocycles. The number of halogens is 1. The van der Waals surface area contributed by atoms with Crippen LogP contribution in [-0.4, -0.2) is 35.1 Å². The number of carbonyl (C=O) groups is 1. The van der Waals surface area contributed by atoms with E-state index in [0.717, 1.165) is 5.56 Å². The zero-order valence-corrected chi connectivity index (χ0v) is 9.11. The molecule has 1 aliphatic rings. The van der Waals surface area contributed by atoms with Gasteiger partial charge < -0.3 is 10.0 Å². The van der Waals surface area contributed by atoms with Crippen molar-refractivity contribution in [1.29, 1.82) is 0 Å². The van der Waals surface area contributed by atoms with Gasteiger partial charge in [0, 0.05) is 18.7 Å². The second-order valence-corrected chi connectivity index (χ2v) is 4.21. The van der Waals surface area contributed by atoms with Crippen LogP contribution >= 0.6 is 0 Å². The molecule has 0 aliphatic carbocycles. The van der Waals surface area contributed by atoms with Crippen molar-refractivity contribution in [3.8, 4) is 0 Å². The van der Waals surface area contributed by atoms with Crippen molar-refractivity contribution >= 4 is 5.91 Å². The summed E-state index contributed by atoms with van der Waals surface area (Å²) in [5.74, 6) is -0.609. The van der Waals surface area contributed by atoms with Gasteiger partial charge >= 0.3 is 0 Å². The van der Waals surface area contributed by atoms with Gasteiger partial charge in [-0.15, -0.1) is 0 Å². The maximum absolute atomic E-state index is 13.1. The number of benzene rings is 1. The van der Waals surface area contributed by atoms with Crippen molar-refractivity contribution in [2.75, 3.05) is 13.1 Å². The molecule has 1 aliphatic heterocycles. The molecule has 2 rings (SSSR count). The second-order valence-electron chi connectivity index (χ2n) is 4.21. The predicted molar refractivity (Wildman–Crippen MR) is 57.7 cm³/mol. The highest BCUT2D eigenvalue weighted by Gasteiger charge is 2.25. The lowest BCUT2D eigenvalue weighted by Crippen LogP contribution is -2.29. The van der Waals surface area contributed by atoms with E-state index >= 15 is 0 Å². The van der Waals surface area contributed by atoms with E-state index in [1.165, 1.54) is 12.1 Å². The SMILES string of the molecule is Cc1cc(F)cc(C(=O)N2CCC(O)C2)c1. The summed E-state index contributed by atoms with van der Waals surface area (Å²) in [5, 5.41) is 9.34. The van der Waals surface area contributed by atoms with Gasteiger partial charge in [0.1, 0.15) is 5.82 Å². The van der Waals surface area contributed by atoms with Crippen LogP contribution in [0.5, 0.6) is 0 Å². The average molecular weight is 223 g/mol. The molecular weight excluding hydrogens is 209 g/mol. The van der Waals surface area contributed by atoms with Crippen LogP contribution in [0, 0.1) is 12.7 Å². The Morgan fingerprint density at radius 2 is 2.25 bits per heavy atom. The number of aliphatic hydroxyl groups excluding tert-OH is 1. The normalized spacial score (nSPS) is 20.2. The maximum atomic E-state index is 13.1. The van der Waals surface area contributed by atoms with Crippen molar-refractivity contribution < 1.29 is 14.3 Å². The van der Waals surface area contributed by atoms with E-state index in [1.54, 1.807) is 17.9 Å². The fourth-order valence-electron chi connectivity index (χ4n) is 1.97. The molecule has 1 aromatic carbocycles. The third-order valence-corrected chi connectivity index (χ3v) is 2.74. The summed E-state index contributed by atoms with van der Waals surface area (Å²) in [7, 11) is 0. The number of carbonyl (C=O) groups excluding carboxylic acids is 1. The van der Waals surface area contributed by atoms with Crippen LogP contribution in [0.1, 0.15) is 22.3 Å². The predicted octanol–water partition coefficient (Wildman–Crippen LogP) is 1.34. The Bertz CT molecular complexity index is 399. The average Bonchev–Trinajstić information content (AvgIpc) is 2.62. The first-order valence-corrected chi connectivity index (χ1v) is 5.31. The standard InChI is InChI=1S/C12H14FNO2/c1-8-4-9(6-10(13)5-8)12(16)14-3-2-11(15)7-14/h4-6,11,15H,2-3,7H2,1H3. The molecule has 3 nitrogen and oxygen atoms in total. The van der Waals surface area contributed by atoms with Gasteiger partial charge in [-0.2, -0.15) is 0 Å². The molecule has 1 aromatic rings. The monoisotopic (exact) mass is 223 g/mol. The largest absolute Gasteiger partial charge is 0.391 e. The highest BCUT2D eigenvalue weighted by atomic mass is 19.1. The molecule has 1 atom stereocenters. The van der Waals surface area contributed by atoms with E-state index in [9.17, 15) is 14.3 Å². The van der Waals surface area contributed by atoms with Crippen molar-refractivity contribution in [1.82, 2.24) is 4.90 Å². The van der Waals surface area contributed by atoms with Gasteiger partial charge in [-0.05, 0) is 37.1 Å². The summed E-state index contributed by atoms with van der Waals surface area (Å²) in [6, 6.07) is 4.28. The Kier molecular flexibility index (Phi) is 2.92. The van der Waals surface area contributed by atoms with Crippen LogP contribution in [0.25, 0.3) is 0 Å². The Labute approximate surface area is 93.5 Å². The van der Waals surface area contributed by atoms with Gasteiger partial charge in [0.2, 0.25) is 0 Å². The van der Waals surface area contributed by atoms with E-state index in [-0.39, 0.29) is 5.91 Å². The summed E-state index contributed by atoms with van der Waals surface area (Å²) in [4.78, 5) is 13.5. The number of aryl methyl sites for hydroxylation is 1. The fraction of sp³-hybridized carbons (Fsp3) is 0.417. The summed E-state index contributed by atoms with van der Waals surface area (Å²) in [5.41, 5.74) is 1.08. The van der Waals surface area contributed by atoms with Crippen LogP contribution in [0.2, 0.25) is 0 Å². The summed E-state index contributed by atoms with van der Waals surface area (Å²) >= 11 is 0. The molecule has 1 amide bonds. The van der Waals surface area contributed by atoms with Crippen LogP contribution < -0.4 is 0 Å². The van der Waals surface area contributed by atoms with Crippen molar-refractivity contribution in [2.24, 2.45) is 0 Å². The minimum atomic E-state index is -0.446. The van der Waals surface area contributed by atoms with Gasteiger partial charge in [-0.1, -0.05) is 0 Å². The summed E-state index contributed by atoms with van der Waals surface area (Å²) in [6.45, 7) is 2.63. The molecule has 4 heteroatoms. The second kappa shape index (κ2) is 4.22. The Hall–Kier alpha value is -1.42. The number of aliphatic hydroxyl groups is 1. The van der Waals surface area contributed by atoms with Crippen molar-refractivity contribution in [3.05, 3.63) is 35.1 Å². The molecule has 1 saturated heterocycles. The van der Waals surface area contributed by atoms with Crippen LogP contribution in [0.4, 0.5) is 4.39 Å². The smallest absolute Gasteiger partial charge is 0.254 e. The number of hydrogen-bond acceptors (Lipinski definition) is 2. The van der Waals surface area contributed by atoms with E-state index in [4.69, 9.17) is 0 Å². The van der Waals surface area contributed by atoms with Gasteiger partial charge in [-0.3, -0.25) is 4.79 Å². The van der Waals surface area contributed by atoms with Gasteiger partial charge in [0.25, 0.3) is 5.91 Å². The number of nitrogens with zero attached hydrogens (tertiary/aromatic N) is 1. The maximum Gasteiger partial charge on any atom is 0.254 e. The minimum absolute atomic E-state index is 0.209. The van der Waals surface area contributed by atoms with Crippen molar-refractivity contribution in [3.63, 3.8) is 0 Å². The molecule has 86 valence electrons. The number of hydrogen-bond donors (Lipinski definition) is 1. The molecule has 0 bridgehead atoms. The lowest BCUT2D eigenvalue weighted by molar-refractivity contribution is 0.0764. The van der Waals surface area contributed by atoms with Gasteiger partial charge in [-0.25, -0.2) is 4.39 Å². The first-order valence-electron chi connectivity index (χ1n) is 5.31. The molecule has 16 heavy (non-hydrogen) atoms. The lowest BCUT2D eigenvalue weighted by atomic mass is 10.1. The molecule has 1 N–H and O–H groups in total. The van der Waals surface area contributed by atoms with Gasteiger partial charge in [0.05, 0.1) is 6.10 Å². The molecule has 1 heterocycles. The number of amides is 1. The van der Waals surface area contributed by atoms with E-state index < -0.39 is 11.9 Å². The third-order valence-electron chi connectivity index (χ3n) is 2.74.